The van der Waals surface area contributed by atoms with E-state index in [0.717, 1.165) is 17.7 Å². The average Bonchev–Trinajstić information content (AvgIpc) is 2.69. The van der Waals surface area contributed by atoms with Crippen molar-refractivity contribution in [3.8, 4) is 0 Å². The molecule has 144 valence electrons. The van der Waals surface area contributed by atoms with E-state index in [1.165, 1.54) is 12.1 Å². The van der Waals surface area contributed by atoms with Crippen LogP contribution < -0.4 is 10.2 Å². The summed E-state index contributed by atoms with van der Waals surface area (Å²) >= 11 is 0. The van der Waals surface area contributed by atoms with Gasteiger partial charge >= 0.3 is 0 Å². The van der Waals surface area contributed by atoms with Crippen LogP contribution in [0.1, 0.15) is 29.9 Å². The second-order valence-electron chi connectivity index (χ2n) is 6.53. The summed E-state index contributed by atoms with van der Waals surface area (Å²) in [5, 5.41) is 10.3. The number of hydrogen-bond donors (Lipinski definition) is 1. The van der Waals surface area contributed by atoms with Crippen LogP contribution >= 0.6 is 0 Å². The van der Waals surface area contributed by atoms with Gasteiger partial charge in [0.15, 0.2) is 11.5 Å². The Hall–Kier alpha value is -3.35. The van der Waals surface area contributed by atoms with Gasteiger partial charge < -0.3 is 10.2 Å². The predicted octanol–water partition coefficient (Wildman–Crippen LogP) is 4.42. The largest absolute Gasteiger partial charge is 0.348 e. The smallest absolute Gasteiger partial charge is 0.276 e. The van der Waals surface area contributed by atoms with Crippen LogP contribution in [0.2, 0.25) is 0 Å². The standard InChI is InChI=1S/C21H20F2N4O/c1-14(2)27(13-15-7-4-3-5-8-15)19-12-11-18(25-26-19)21(28)24-20-16(22)9-6-10-17(20)23/h3-12,14H,13H2,1-2H3,(H,24,28). The Bertz CT molecular complexity index is 926. The van der Waals surface area contributed by atoms with E-state index in [0.29, 0.717) is 12.4 Å². The normalized spacial score (nSPS) is 10.8. The van der Waals surface area contributed by atoms with Crippen molar-refractivity contribution >= 4 is 17.4 Å². The van der Waals surface area contributed by atoms with Crippen molar-refractivity contribution in [1.29, 1.82) is 0 Å². The lowest BCUT2D eigenvalue weighted by Gasteiger charge is -2.27. The van der Waals surface area contributed by atoms with Gasteiger partial charge in [0.25, 0.3) is 5.91 Å². The van der Waals surface area contributed by atoms with Crippen LogP contribution in [-0.2, 0) is 6.54 Å². The summed E-state index contributed by atoms with van der Waals surface area (Å²) in [6.07, 6.45) is 0. The fourth-order valence-electron chi connectivity index (χ4n) is 2.70. The van der Waals surface area contributed by atoms with Gasteiger partial charge in [0, 0.05) is 12.6 Å². The molecule has 1 N–H and O–H groups in total. The molecule has 0 bridgehead atoms. The summed E-state index contributed by atoms with van der Waals surface area (Å²) in [4.78, 5) is 14.3. The Balaban J connectivity index is 1.77. The lowest BCUT2D eigenvalue weighted by atomic mass is 10.2. The maximum atomic E-state index is 13.7. The van der Waals surface area contributed by atoms with E-state index in [1.807, 2.05) is 49.1 Å². The summed E-state index contributed by atoms with van der Waals surface area (Å²) in [5.74, 6) is -1.84. The van der Waals surface area contributed by atoms with Crippen LogP contribution in [0, 0.1) is 11.6 Å². The van der Waals surface area contributed by atoms with Crippen molar-refractivity contribution < 1.29 is 13.6 Å². The number of rotatable bonds is 6. The third-order valence-corrected chi connectivity index (χ3v) is 4.20. The van der Waals surface area contributed by atoms with Gasteiger partial charge in [0.1, 0.15) is 17.3 Å². The number of anilines is 2. The fraction of sp³-hybridized carbons (Fsp3) is 0.190. The Kier molecular flexibility index (Phi) is 5.93. The minimum atomic E-state index is -0.855. The molecule has 0 aliphatic heterocycles. The molecular formula is C21H20F2N4O. The van der Waals surface area contributed by atoms with Gasteiger partial charge in [-0.2, -0.15) is 0 Å². The third kappa shape index (κ3) is 4.49. The van der Waals surface area contributed by atoms with Crippen LogP contribution in [0.25, 0.3) is 0 Å². The highest BCUT2D eigenvalue weighted by Gasteiger charge is 2.17. The first-order valence-electron chi connectivity index (χ1n) is 8.85. The van der Waals surface area contributed by atoms with Gasteiger partial charge in [-0.05, 0) is 43.7 Å². The summed E-state index contributed by atoms with van der Waals surface area (Å²) in [5.41, 5.74) is 0.580. The van der Waals surface area contributed by atoms with Crippen LogP contribution in [0.5, 0.6) is 0 Å². The number of nitrogens with zero attached hydrogens (tertiary/aromatic N) is 3. The monoisotopic (exact) mass is 382 g/mol. The molecule has 0 spiro atoms. The Morgan fingerprint density at radius 2 is 1.64 bits per heavy atom. The highest BCUT2D eigenvalue weighted by atomic mass is 19.1. The number of carbonyl (C=O) groups is 1. The number of hydrogen-bond acceptors (Lipinski definition) is 4. The van der Waals surface area contributed by atoms with Gasteiger partial charge in [0.2, 0.25) is 0 Å². The number of para-hydroxylation sites is 1. The minimum absolute atomic E-state index is 0.0326. The molecule has 5 nitrogen and oxygen atoms in total. The van der Waals surface area contributed by atoms with E-state index >= 15 is 0 Å². The molecule has 0 radical (unpaired) electrons. The highest BCUT2D eigenvalue weighted by molar-refractivity contribution is 6.02. The van der Waals surface area contributed by atoms with E-state index in [1.54, 1.807) is 6.07 Å². The lowest BCUT2D eigenvalue weighted by Crippen LogP contribution is -2.31. The molecule has 0 aliphatic rings. The Labute approximate surface area is 162 Å². The van der Waals surface area contributed by atoms with Gasteiger partial charge in [-0.15, -0.1) is 10.2 Å². The van der Waals surface area contributed by atoms with Crippen LogP contribution in [0.3, 0.4) is 0 Å². The maximum Gasteiger partial charge on any atom is 0.276 e. The van der Waals surface area contributed by atoms with E-state index in [4.69, 9.17) is 0 Å². The number of halogens is 2. The van der Waals surface area contributed by atoms with E-state index < -0.39 is 23.2 Å². The quantitative estimate of drug-likeness (QED) is 0.686. The molecule has 1 heterocycles. The second kappa shape index (κ2) is 8.56. The van der Waals surface area contributed by atoms with Crippen LogP contribution in [0.4, 0.5) is 20.3 Å². The maximum absolute atomic E-state index is 13.7. The molecule has 7 heteroatoms. The topological polar surface area (TPSA) is 58.1 Å². The third-order valence-electron chi connectivity index (χ3n) is 4.20. The molecule has 28 heavy (non-hydrogen) atoms. The molecular weight excluding hydrogens is 362 g/mol. The van der Waals surface area contributed by atoms with Gasteiger partial charge in [-0.1, -0.05) is 36.4 Å². The molecule has 0 saturated carbocycles. The Morgan fingerprint density at radius 3 is 2.21 bits per heavy atom. The van der Waals surface area contributed by atoms with Crippen LogP contribution in [-0.4, -0.2) is 22.1 Å². The number of aromatic nitrogens is 2. The van der Waals surface area contributed by atoms with E-state index in [-0.39, 0.29) is 11.7 Å². The van der Waals surface area contributed by atoms with Gasteiger partial charge in [-0.3, -0.25) is 4.79 Å². The van der Waals surface area contributed by atoms with Gasteiger partial charge in [0.05, 0.1) is 0 Å². The average molecular weight is 382 g/mol. The molecule has 2 aromatic carbocycles. The lowest BCUT2D eigenvalue weighted by molar-refractivity contribution is 0.102. The molecule has 0 atom stereocenters. The fourth-order valence-corrected chi connectivity index (χ4v) is 2.70. The van der Waals surface area contributed by atoms with Crippen molar-refractivity contribution in [3.63, 3.8) is 0 Å². The Morgan fingerprint density at radius 1 is 0.964 bits per heavy atom. The molecule has 0 aliphatic carbocycles. The zero-order valence-corrected chi connectivity index (χ0v) is 15.6. The molecule has 1 aromatic heterocycles. The highest BCUT2D eigenvalue weighted by Crippen LogP contribution is 2.20. The SMILES string of the molecule is CC(C)N(Cc1ccccc1)c1ccc(C(=O)Nc2c(F)cccc2F)nn1. The molecule has 3 rings (SSSR count). The van der Waals surface area contributed by atoms with Crippen molar-refractivity contribution in [2.75, 3.05) is 10.2 Å². The first-order chi connectivity index (χ1) is 13.5. The van der Waals surface area contributed by atoms with Crippen molar-refractivity contribution in [1.82, 2.24) is 10.2 Å². The molecule has 0 saturated heterocycles. The van der Waals surface area contributed by atoms with E-state index in [2.05, 4.69) is 15.5 Å². The second-order valence-corrected chi connectivity index (χ2v) is 6.53. The molecule has 1 amide bonds. The zero-order valence-electron chi connectivity index (χ0n) is 15.6. The van der Waals surface area contributed by atoms with E-state index in [9.17, 15) is 13.6 Å². The first-order valence-corrected chi connectivity index (χ1v) is 8.85. The molecule has 0 unspecified atom stereocenters. The van der Waals surface area contributed by atoms with Crippen molar-refractivity contribution in [2.45, 2.75) is 26.4 Å². The summed E-state index contributed by atoms with van der Waals surface area (Å²) in [7, 11) is 0. The predicted molar refractivity (Wildman–Crippen MR) is 104 cm³/mol. The molecule has 3 aromatic rings. The number of nitrogens with one attached hydrogen (secondary N) is 1. The van der Waals surface area contributed by atoms with Crippen molar-refractivity contribution in [3.05, 3.63) is 83.6 Å². The van der Waals surface area contributed by atoms with Crippen LogP contribution in [0.15, 0.2) is 60.7 Å². The molecule has 0 fully saturated rings. The number of amides is 1. The number of carbonyl (C=O) groups excluding carboxylic acids is 1. The van der Waals surface area contributed by atoms with Gasteiger partial charge in [-0.25, -0.2) is 8.78 Å². The number of benzene rings is 2. The first kappa shape index (κ1) is 19.4. The zero-order chi connectivity index (χ0) is 20.1. The van der Waals surface area contributed by atoms with Crippen molar-refractivity contribution in [2.24, 2.45) is 0 Å². The summed E-state index contributed by atoms with van der Waals surface area (Å²) in [6.45, 7) is 4.71. The summed E-state index contributed by atoms with van der Waals surface area (Å²) < 4.78 is 27.4. The minimum Gasteiger partial charge on any atom is -0.348 e. The summed E-state index contributed by atoms with van der Waals surface area (Å²) in [6, 6.07) is 16.6.